The Morgan fingerprint density at radius 2 is 2.05 bits per heavy atom. The van der Waals surface area contributed by atoms with Gasteiger partial charge in [0.15, 0.2) is 0 Å². The molecule has 0 atom stereocenters. The summed E-state index contributed by atoms with van der Waals surface area (Å²) < 4.78 is 0. The molecular formula is C17H21N3S. The van der Waals surface area contributed by atoms with Gasteiger partial charge in [-0.15, -0.1) is 0 Å². The quantitative estimate of drug-likeness (QED) is 0.908. The first-order chi connectivity index (χ1) is 10.1. The van der Waals surface area contributed by atoms with Crippen molar-refractivity contribution in [2.24, 2.45) is 10.7 Å². The van der Waals surface area contributed by atoms with Crippen molar-refractivity contribution >= 4 is 28.8 Å². The van der Waals surface area contributed by atoms with Gasteiger partial charge in [0, 0.05) is 40.7 Å². The summed E-state index contributed by atoms with van der Waals surface area (Å²) in [6.07, 6.45) is 2.93. The third-order valence-electron chi connectivity index (χ3n) is 4.04. The number of nitrogens with two attached hydrogens (primary N) is 1. The van der Waals surface area contributed by atoms with Crippen molar-refractivity contribution in [3.05, 3.63) is 40.5 Å². The van der Waals surface area contributed by atoms with Crippen LogP contribution in [0.25, 0.3) is 0 Å². The number of thioether (sulfide) groups is 1. The van der Waals surface area contributed by atoms with E-state index < -0.39 is 0 Å². The normalized spacial score (nSPS) is 16.9. The number of hydrogen-bond donors (Lipinski definition) is 1. The van der Waals surface area contributed by atoms with Crippen molar-refractivity contribution in [1.82, 2.24) is 0 Å². The molecule has 0 fully saturated rings. The molecule has 0 spiro atoms. The van der Waals surface area contributed by atoms with E-state index in [9.17, 15) is 0 Å². The van der Waals surface area contributed by atoms with Gasteiger partial charge in [0.2, 0.25) is 0 Å². The molecule has 1 heterocycles. The van der Waals surface area contributed by atoms with Crippen LogP contribution < -0.4 is 10.6 Å². The van der Waals surface area contributed by atoms with E-state index in [1.165, 1.54) is 21.1 Å². The summed E-state index contributed by atoms with van der Waals surface area (Å²) in [5.41, 5.74) is 11.6. The fraction of sp³-hybridized carbons (Fsp3) is 0.353. The Morgan fingerprint density at radius 1 is 1.29 bits per heavy atom. The first-order valence-electron chi connectivity index (χ1n) is 7.44. The zero-order chi connectivity index (χ0) is 15.0. The molecule has 0 amide bonds. The smallest absolute Gasteiger partial charge is 0.0774 e. The van der Waals surface area contributed by atoms with E-state index in [0.29, 0.717) is 0 Å². The summed E-state index contributed by atoms with van der Waals surface area (Å²) in [6, 6.07) is 6.55. The van der Waals surface area contributed by atoms with Gasteiger partial charge >= 0.3 is 0 Å². The number of nitrogens with zero attached hydrogens (tertiary/aromatic N) is 2. The van der Waals surface area contributed by atoms with Crippen LogP contribution in [0.2, 0.25) is 0 Å². The molecule has 110 valence electrons. The molecule has 2 N–H and O–H groups in total. The molecule has 0 saturated carbocycles. The predicted octanol–water partition coefficient (Wildman–Crippen LogP) is 4.23. The summed E-state index contributed by atoms with van der Waals surface area (Å²) in [7, 11) is 0. The van der Waals surface area contributed by atoms with E-state index in [1.807, 2.05) is 0 Å². The van der Waals surface area contributed by atoms with E-state index >= 15 is 0 Å². The summed E-state index contributed by atoms with van der Waals surface area (Å²) in [6.45, 7) is 8.49. The molecule has 1 aliphatic carbocycles. The molecule has 0 bridgehead atoms. The highest BCUT2D eigenvalue weighted by Gasteiger charge is 2.22. The molecule has 2 aliphatic rings. The number of benzene rings is 1. The topological polar surface area (TPSA) is 41.6 Å². The van der Waals surface area contributed by atoms with E-state index in [1.54, 1.807) is 11.8 Å². The number of anilines is 1. The Hall–Kier alpha value is -1.68. The first-order valence-corrected chi connectivity index (χ1v) is 8.25. The Balaban J connectivity index is 1.98. The zero-order valence-corrected chi connectivity index (χ0v) is 13.6. The Morgan fingerprint density at radius 3 is 2.76 bits per heavy atom. The standard InChI is InChI=1S/C17H21N3S/c1-4-20(5-2)12-6-7-14-16(9-12)21-17-10-13(18)11(3)8-15(17)19-14/h6-7,9-10H,4-5,8,18H2,1-3H3. The lowest BCUT2D eigenvalue weighted by molar-refractivity contribution is 0.864. The second-order valence-corrected chi connectivity index (χ2v) is 6.49. The van der Waals surface area contributed by atoms with Crippen LogP contribution in [0, 0.1) is 0 Å². The Kier molecular flexibility index (Phi) is 3.81. The van der Waals surface area contributed by atoms with Crippen molar-refractivity contribution in [2.45, 2.75) is 32.1 Å². The third kappa shape index (κ3) is 2.60. The van der Waals surface area contributed by atoms with Crippen molar-refractivity contribution in [3.63, 3.8) is 0 Å². The third-order valence-corrected chi connectivity index (χ3v) is 5.16. The lowest BCUT2D eigenvalue weighted by atomic mass is 10.0. The fourth-order valence-electron chi connectivity index (χ4n) is 2.70. The van der Waals surface area contributed by atoms with Crippen LogP contribution in [0.1, 0.15) is 27.2 Å². The van der Waals surface area contributed by atoms with Crippen LogP contribution in [0.15, 0.2) is 50.3 Å². The minimum atomic E-state index is 0.863. The van der Waals surface area contributed by atoms with Gasteiger partial charge in [0.1, 0.15) is 0 Å². The van der Waals surface area contributed by atoms with Crippen molar-refractivity contribution in [1.29, 1.82) is 0 Å². The van der Waals surface area contributed by atoms with Gasteiger partial charge in [-0.05, 0) is 50.6 Å². The molecule has 1 aromatic rings. The molecule has 0 saturated heterocycles. The molecule has 1 aliphatic heterocycles. The fourth-order valence-corrected chi connectivity index (χ4v) is 3.75. The molecule has 0 aromatic heterocycles. The number of allylic oxidation sites excluding steroid dienone is 3. The summed E-state index contributed by atoms with van der Waals surface area (Å²) in [5.74, 6) is 0. The number of aliphatic imine (C=N–C) groups is 1. The average Bonchev–Trinajstić information content (AvgIpc) is 2.48. The molecule has 0 unspecified atom stereocenters. The maximum atomic E-state index is 6.05. The van der Waals surface area contributed by atoms with Gasteiger partial charge in [-0.3, -0.25) is 4.99 Å². The van der Waals surface area contributed by atoms with Gasteiger partial charge in [-0.2, -0.15) is 0 Å². The summed E-state index contributed by atoms with van der Waals surface area (Å²) >= 11 is 1.79. The van der Waals surface area contributed by atoms with Crippen LogP contribution in [-0.4, -0.2) is 18.8 Å². The van der Waals surface area contributed by atoms with Crippen LogP contribution in [-0.2, 0) is 0 Å². The highest BCUT2D eigenvalue weighted by molar-refractivity contribution is 8.04. The largest absolute Gasteiger partial charge is 0.399 e. The summed E-state index contributed by atoms with van der Waals surface area (Å²) in [5, 5.41) is 0. The zero-order valence-electron chi connectivity index (χ0n) is 12.8. The number of fused-ring (bicyclic) bond motifs is 2. The highest BCUT2D eigenvalue weighted by atomic mass is 32.2. The van der Waals surface area contributed by atoms with Crippen LogP contribution in [0.4, 0.5) is 11.4 Å². The molecule has 1 aromatic carbocycles. The molecule has 3 rings (SSSR count). The Bertz CT molecular complexity index is 667. The lowest BCUT2D eigenvalue weighted by Gasteiger charge is -2.25. The van der Waals surface area contributed by atoms with E-state index in [-0.39, 0.29) is 0 Å². The van der Waals surface area contributed by atoms with Crippen molar-refractivity contribution < 1.29 is 0 Å². The van der Waals surface area contributed by atoms with E-state index in [0.717, 1.165) is 36.6 Å². The minimum Gasteiger partial charge on any atom is -0.399 e. The maximum absolute atomic E-state index is 6.05. The average molecular weight is 299 g/mol. The van der Waals surface area contributed by atoms with Gasteiger partial charge in [0.05, 0.1) is 11.4 Å². The Labute approximate surface area is 130 Å². The predicted molar refractivity (Wildman–Crippen MR) is 92.5 cm³/mol. The highest BCUT2D eigenvalue weighted by Crippen LogP contribution is 2.44. The summed E-state index contributed by atoms with van der Waals surface area (Å²) in [4.78, 5) is 9.60. The maximum Gasteiger partial charge on any atom is 0.0774 e. The van der Waals surface area contributed by atoms with Gasteiger partial charge in [-0.25, -0.2) is 0 Å². The van der Waals surface area contributed by atoms with E-state index in [4.69, 9.17) is 10.7 Å². The molecule has 4 heteroatoms. The molecular weight excluding hydrogens is 278 g/mol. The monoisotopic (exact) mass is 299 g/mol. The van der Waals surface area contributed by atoms with Crippen molar-refractivity contribution in [2.75, 3.05) is 18.0 Å². The lowest BCUT2D eigenvalue weighted by Crippen LogP contribution is -2.21. The molecule has 3 nitrogen and oxygen atoms in total. The molecule has 0 radical (unpaired) electrons. The van der Waals surface area contributed by atoms with Gasteiger partial charge < -0.3 is 10.6 Å². The van der Waals surface area contributed by atoms with E-state index in [2.05, 4.69) is 49.9 Å². The van der Waals surface area contributed by atoms with Crippen LogP contribution in [0.3, 0.4) is 0 Å². The van der Waals surface area contributed by atoms with Crippen molar-refractivity contribution in [3.8, 4) is 0 Å². The SMILES string of the molecule is CCN(CC)c1ccc2c(c1)SC1=CC(N)=C(C)CC1=N2. The second-order valence-electron chi connectivity index (χ2n) is 5.41. The number of hydrogen-bond acceptors (Lipinski definition) is 4. The molecule has 21 heavy (non-hydrogen) atoms. The number of rotatable bonds is 3. The second kappa shape index (κ2) is 5.60. The first kappa shape index (κ1) is 14.3. The van der Waals surface area contributed by atoms with Gasteiger partial charge in [0.25, 0.3) is 0 Å². The van der Waals surface area contributed by atoms with Crippen LogP contribution >= 0.6 is 11.8 Å². The van der Waals surface area contributed by atoms with Gasteiger partial charge in [-0.1, -0.05) is 11.8 Å². The minimum absolute atomic E-state index is 0.863. The van der Waals surface area contributed by atoms with Crippen LogP contribution in [0.5, 0.6) is 0 Å².